The quantitative estimate of drug-likeness (QED) is 0.158. The van der Waals surface area contributed by atoms with E-state index >= 15 is 0 Å². The van der Waals surface area contributed by atoms with Gasteiger partial charge in [0.2, 0.25) is 5.82 Å². The van der Waals surface area contributed by atoms with Crippen LogP contribution in [0.3, 0.4) is 0 Å². The van der Waals surface area contributed by atoms with E-state index in [1.54, 1.807) is 53.2 Å². The number of nitrogens with one attached hydrogen (secondary N) is 2. The van der Waals surface area contributed by atoms with Crippen LogP contribution >= 0.6 is 0 Å². The summed E-state index contributed by atoms with van der Waals surface area (Å²) in [5.74, 6) is -1.75. The molecule has 236 valence electrons. The highest BCUT2D eigenvalue weighted by molar-refractivity contribution is 5.94. The maximum Gasteiger partial charge on any atom is 0.287 e. The van der Waals surface area contributed by atoms with Crippen molar-refractivity contribution in [3.05, 3.63) is 137 Å². The standard InChI is InChI=1S/C17H11F2N5O2.C14H12FN5O/c18-11-4-2-1-3-10(11)7-24-15(14-8-26-9-21-14)5-13(23-24)16-20-6-12(19)17(25)22-16;15-10-4-2-1-3-9(10)6-20-13(12-7-21-8-18-12)5-11(19-20)14(16)17/h1-6,8-9H,7H2,(H,20,22,25);1-5,7-8H,6H2,(H3,16,17). The molecule has 0 atom stereocenters. The van der Waals surface area contributed by atoms with E-state index in [0.717, 1.165) is 6.20 Å². The van der Waals surface area contributed by atoms with Crippen LogP contribution in [0.4, 0.5) is 13.2 Å². The minimum absolute atomic E-state index is 0.0911. The number of nitrogen functional groups attached to an aromatic ring is 1. The van der Waals surface area contributed by atoms with Gasteiger partial charge in [0, 0.05) is 11.1 Å². The van der Waals surface area contributed by atoms with E-state index in [0.29, 0.717) is 39.6 Å². The number of H-pyrrole nitrogens is 1. The van der Waals surface area contributed by atoms with Crippen LogP contribution in [0.2, 0.25) is 0 Å². The zero-order valence-electron chi connectivity index (χ0n) is 24.1. The van der Waals surface area contributed by atoms with Crippen molar-refractivity contribution in [3.8, 4) is 34.3 Å². The van der Waals surface area contributed by atoms with E-state index < -0.39 is 11.4 Å². The molecule has 7 aromatic rings. The van der Waals surface area contributed by atoms with Gasteiger partial charge in [-0.25, -0.2) is 23.7 Å². The molecule has 5 heterocycles. The number of oxazole rings is 2. The number of benzene rings is 2. The summed E-state index contributed by atoms with van der Waals surface area (Å²) in [6.07, 6.45) is 6.24. The van der Waals surface area contributed by atoms with Gasteiger partial charge in [0.25, 0.3) is 5.56 Å². The summed E-state index contributed by atoms with van der Waals surface area (Å²) in [4.78, 5) is 25.8. The summed E-state index contributed by atoms with van der Waals surface area (Å²) in [5, 5.41) is 16.1. The largest absolute Gasteiger partial charge is 0.451 e. The number of hydrogen-bond donors (Lipinski definition) is 3. The fourth-order valence-corrected chi connectivity index (χ4v) is 4.50. The summed E-state index contributed by atoms with van der Waals surface area (Å²) in [7, 11) is 0. The van der Waals surface area contributed by atoms with Gasteiger partial charge in [-0.1, -0.05) is 36.4 Å². The number of aromatic nitrogens is 8. The van der Waals surface area contributed by atoms with E-state index in [9.17, 15) is 18.0 Å². The predicted octanol–water partition coefficient (Wildman–Crippen LogP) is 4.62. The fraction of sp³-hybridized carbons (Fsp3) is 0.0645. The minimum Gasteiger partial charge on any atom is -0.451 e. The molecule has 0 saturated carbocycles. The zero-order valence-corrected chi connectivity index (χ0v) is 24.1. The zero-order chi connectivity index (χ0) is 32.9. The molecule has 0 radical (unpaired) electrons. The van der Waals surface area contributed by atoms with Gasteiger partial charge in [0.1, 0.15) is 52.8 Å². The van der Waals surface area contributed by atoms with Gasteiger partial charge in [0.15, 0.2) is 18.6 Å². The van der Waals surface area contributed by atoms with Gasteiger partial charge in [-0.3, -0.25) is 19.6 Å². The molecular weight excluding hydrogens is 617 g/mol. The Morgan fingerprint density at radius 1 is 0.766 bits per heavy atom. The van der Waals surface area contributed by atoms with Crippen LogP contribution in [0.5, 0.6) is 0 Å². The number of rotatable bonds is 8. The van der Waals surface area contributed by atoms with Gasteiger partial charge in [0.05, 0.1) is 30.7 Å². The second kappa shape index (κ2) is 13.2. The third-order valence-electron chi connectivity index (χ3n) is 6.78. The fourth-order valence-electron chi connectivity index (χ4n) is 4.50. The lowest BCUT2D eigenvalue weighted by molar-refractivity contribution is 0.557. The van der Waals surface area contributed by atoms with E-state index in [2.05, 4.69) is 30.1 Å². The number of aromatic amines is 1. The first-order valence-electron chi connectivity index (χ1n) is 13.8. The molecule has 0 aliphatic heterocycles. The maximum atomic E-state index is 14.0. The number of nitrogens with two attached hydrogens (primary N) is 1. The molecule has 0 fully saturated rings. The summed E-state index contributed by atoms with van der Waals surface area (Å²) in [6.45, 7) is 0.336. The second-order valence-corrected chi connectivity index (χ2v) is 9.90. The van der Waals surface area contributed by atoms with Gasteiger partial charge in [-0.2, -0.15) is 14.6 Å². The molecular formula is C31H23F3N10O3. The average Bonchev–Trinajstić information content (AvgIpc) is 3.88. The van der Waals surface area contributed by atoms with Crippen LogP contribution in [0.25, 0.3) is 34.3 Å². The van der Waals surface area contributed by atoms with Crippen molar-refractivity contribution in [2.24, 2.45) is 5.73 Å². The monoisotopic (exact) mass is 640 g/mol. The molecule has 2 aromatic carbocycles. The Morgan fingerprint density at radius 3 is 1.83 bits per heavy atom. The number of halogens is 3. The normalized spacial score (nSPS) is 10.9. The summed E-state index contributed by atoms with van der Waals surface area (Å²) in [5.41, 5.74) is 8.23. The molecule has 16 heteroatoms. The van der Waals surface area contributed by atoms with Crippen molar-refractivity contribution in [1.82, 2.24) is 39.5 Å². The van der Waals surface area contributed by atoms with Crippen LogP contribution < -0.4 is 11.3 Å². The molecule has 13 nitrogen and oxygen atoms in total. The molecule has 0 aliphatic carbocycles. The molecule has 0 unspecified atom stereocenters. The topological polar surface area (TPSA) is 183 Å². The van der Waals surface area contributed by atoms with Crippen LogP contribution in [-0.2, 0) is 13.1 Å². The first-order chi connectivity index (χ1) is 22.8. The molecule has 0 spiro atoms. The van der Waals surface area contributed by atoms with Crippen molar-refractivity contribution in [1.29, 1.82) is 5.41 Å². The van der Waals surface area contributed by atoms with Crippen molar-refractivity contribution in [2.75, 3.05) is 0 Å². The average molecular weight is 641 g/mol. The smallest absolute Gasteiger partial charge is 0.287 e. The Balaban J connectivity index is 0.000000168. The molecule has 4 N–H and O–H groups in total. The highest BCUT2D eigenvalue weighted by Gasteiger charge is 2.18. The van der Waals surface area contributed by atoms with Gasteiger partial charge in [-0.05, 0) is 24.3 Å². The highest BCUT2D eigenvalue weighted by Crippen LogP contribution is 2.25. The molecule has 0 saturated heterocycles. The first kappa shape index (κ1) is 30.4. The number of hydrogen-bond acceptors (Lipinski definition) is 9. The van der Waals surface area contributed by atoms with Crippen molar-refractivity contribution in [2.45, 2.75) is 13.1 Å². The van der Waals surface area contributed by atoms with Crippen molar-refractivity contribution >= 4 is 5.84 Å². The molecule has 0 amide bonds. The maximum absolute atomic E-state index is 14.0. The lowest BCUT2D eigenvalue weighted by Crippen LogP contribution is -2.13. The number of amidine groups is 1. The Kier molecular flexibility index (Phi) is 8.54. The summed E-state index contributed by atoms with van der Waals surface area (Å²) < 4.78 is 53.9. The van der Waals surface area contributed by atoms with Crippen molar-refractivity contribution < 1.29 is 22.0 Å². The molecule has 47 heavy (non-hydrogen) atoms. The van der Waals surface area contributed by atoms with Crippen LogP contribution in [0, 0.1) is 22.9 Å². The summed E-state index contributed by atoms with van der Waals surface area (Å²) >= 11 is 0. The van der Waals surface area contributed by atoms with E-state index in [-0.39, 0.29) is 42.1 Å². The predicted molar refractivity (Wildman–Crippen MR) is 161 cm³/mol. The highest BCUT2D eigenvalue weighted by atomic mass is 19.1. The Bertz CT molecular complexity index is 2210. The van der Waals surface area contributed by atoms with Gasteiger partial charge < -0.3 is 19.6 Å². The van der Waals surface area contributed by atoms with Gasteiger partial charge in [-0.15, -0.1) is 0 Å². The third-order valence-corrected chi connectivity index (χ3v) is 6.78. The molecule has 0 bridgehead atoms. The van der Waals surface area contributed by atoms with E-state index in [4.69, 9.17) is 20.0 Å². The molecule has 0 aliphatic rings. The first-order valence-corrected chi connectivity index (χ1v) is 13.8. The third kappa shape index (κ3) is 6.75. The van der Waals surface area contributed by atoms with E-state index in [1.807, 2.05) is 0 Å². The lowest BCUT2D eigenvalue weighted by atomic mass is 10.2. The molecule has 5 aromatic heterocycles. The van der Waals surface area contributed by atoms with E-state index in [1.165, 1.54) is 42.1 Å². The second-order valence-electron chi connectivity index (χ2n) is 9.90. The lowest BCUT2D eigenvalue weighted by Gasteiger charge is -2.06. The number of nitrogens with zero attached hydrogens (tertiary/aromatic N) is 7. The Morgan fingerprint density at radius 2 is 1.32 bits per heavy atom. The van der Waals surface area contributed by atoms with Crippen LogP contribution in [0.1, 0.15) is 16.8 Å². The van der Waals surface area contributed by atoms with Gasteiger partial charge >= 0.3 is 0 Å². The van der Waals surface area contributed by atoms with Crippen LogP contribution in [-0.4, -0.2) is 45.3 Å². The Labute approximate surface area is 262 Å². The SMILES string of the molecule is N=C(N)c1cc(-c2cocn2)n(Cc2ccccc2F)n1.O=c1[nH]c(-c2cc(-c3cocn3)n(Cc3ccccc3F)n2)ncc1F. The Hall–Kier alpha value is -6.58. The molecule has 7 rings (SSSR count). The minimum atomic E-state index is -0.990. The van der Waals surface area contributed by atoms with Crippen molar-refractivity contribution in [3.63, 3.8) is 0 Å². The van der Waals surface area contributed by atoms with Crippen LogP contribution in [0.15, 0.2) is 106 Å². The summed E-state index contributed by atoms with van der Waals surface area (Å²) in [6, 6.07) is 16.0.